The Morgan fingerprint density at radius 1 is 1.20 bits per heavy atom. The molecule has 3 rings (SSSR count). The van der Waals surface area contributed by atoms with Crippen molar-refractivity contribution in [3.63, 3.8) is 0 Å². The number of aromatic nitrogens is 3. The first kappa shape index (κ1) is 17.9. The van der Waals surface area contributed by atoms with Crippen molar-refractivity contribution in [1.82, 2.24) is 19.7 Å². The van der Waals surface area contributed by atoms with E-state index in [1.807, 2.05) is 43.9 Å². The summed E-state index contributed by atoms with van der Waals surface area (Å²) in [7, 11) is 0. The third-order valence-corrected chi connectivity index (χ3v) is 5.13. The van der Waals surface area contributed by atoms with Gasteiger partial charge in [-0.1, -0.05) is 42.1 Å². The van der Waals surface area contributed by atoms with Gasteiger partial charge < -0.3 is 14.2 Å². The summed E-state index contributed by atoms with van der Waals surface area (Å²) in [6, 6.07) is 10.2. The zero-order valence-corrected chi connectivity index (χ0v) is 15.7. The largest absolute Gasteiger partial charge is 0.372 e. The zero-order valence-electron chi connectivity index (χ0n) is 14.9. The maximum Gasteiger partial charge on any atom is 0.233 e. The quantitative estimate of drug-likeness (QED) is 0.766. The van der Waals surface area contributed by atoms with Crippen molar-refractivity contribution in [2.75, 3.05) is 18.8 Å². The van der Waals surface area contributed by atoms with Crippen LogP contribution in [0.1, 0.15) is 25.2 Å². The average molecular weight is 360 g/mol. The Morgan fingerprint density at radius 2 is 1.88 bits per heavy atom. The van der Waals surface area contributed by atoms with Crippen LogP contribution in [0.3, 0.4) is 0 Å². The van der Waals surface area contributed by atoms with Crippen LogP contribution in [0.15, 0.2) is 35.5 Å². The summed E-state index contributed by atoms with van der Waals surface area (Å²) in [5, 5.41) is 9.20. The van der Waals surface area contributed by atoms with Gasteiger partial charge in [0.15, 0.2) is 5.16 Å². The topological polar surface area (TPSA) is 60.3 Å². The van der Waals surface area contributed by atoms with E-state index in [0.29, 0.717) is 25.4 Å². The van der Waals surface area contributed by atoms with Gasteiger partial charge in [0.25, 0.3) is 0 Å². The Bertz CT molecular complexity index is 709. The monoisotopic (exact) mass is 360 g/mol. The third-order valence-electron chi connectivity index (χ3n) is 4.18. The van der Waals surface area contributed by atoms with Crippen LogP contribution in [0.4, 0.5) is 0 Å². The fourth-order valence-corrected chi connectivity index (χ4v) is 3.90. The van der Waals surface area contributed by atoms with E-state index >= 15 is 0 Å². The normalized spacial score (nSPS) is 20.7. The van der Waals surface area contributed by atoms with Crippen LogP contribution >= 0.6 is 11.8 Å². The van der Waals surface area contributed by atoms with Crippen molar-refractivity contribution in [2.24, 2.45) is 0 Å². The summed E-state index contributed by atoms with van der Waals surface area (Å²) in [4.78, 5) is 14.4. The van der Waals surface area contributed by atoms with Gasteiger partial charge >= 0.3 is 0 Å². The first-order valence-electron chi connectivity index (χ1n) is 8.52. The first-order chi connectivity index (χ1) is 12.0. The fraction of sp³-hybridized carbons (Fsp3) is 0.500. The molecule has 7 heteroatoms. The Hall–Kier alpha value is -1.86. The molecular weight excluding hydrogens is 336 g/mol. The molecule has 1 aromatic carbocycles. The molecule has 6 nitrogen and oxygen atoms in total. The number of morpholine rings is 1. The number of carbonyl (C=O) groups is 1. The molecule has 0 spiro atoms. The number of amides is 1. The lowest BCUT2D eigenvalue weighted by atomic mass is 10.2. The number of nitrogens with zero attached hydrogens (tertiary/aromatic N) is 4. The first-order valence-corrected chi connectivity index (χ1v) is 9.51. The van der Waals surface area contributed by atoms with Gasteiger partial charge in [-0.15, -0.1) is 10.2 Å². The number of thioether (sulfide) groups is 1. The van der Waals surface area contributed by atoms with Crippen molar-refractivity contribution in [2.45, 2.75) is 44.7 Å². The van der Waals surface area contributed by atoms with Gasteiger partial charge in [-0.2, -0.15) is 0 Å². The molecule has 134 valence electrons. The molecule has 1 aliphatic rings. The van der Waals surface area contributed by atoms with Crippen LogP contribution in [0, 0.1) is 6.92 Å². The summed E-state index contributed by atoms with van der Waals surface area (Å²) in [5.41, 5.74) is 1.19. The Labute approximate surface area is 152 Å². The predicted molar refractivity (Wildman–Crippen MR) is 97.6 cm³/mol. The standard InChI is InChI=1S/C18H24N4O2S/c1-13-9-21(10-14(2)24-13)17(23)12-25-18-20-19-15(3)22(18)11-16-7-5-4-6-8-16/h4-8,13-14H,9-12H2,1-3H3/t13-,14-/m1/s1. The van der Waals surface area contributed by atoms with Gasteiger partial charge in [-0.05, 0) is 26.3 Å². The molecule has 1 fully saturated rings. The molecule has 0 N–H and O–H groups in total. The molecule has 1 amide bonds. The number of carbonyl (C=O) groups excluding carboxylic acids is 1. The number of hydrogen-bond acceptors (Lipinski definition) is 5. The van der Waals surface area contributed by atoms with E-state index in [2.05, 4.69) is 26.9 Å². The lowest BCUT2D eigenvalue weighted by Gasteiger charge is -2.35. The molecule has 0 saturated carbocycles. The summed E-state index contributed by atoms with van der Waals surface area (Å²) in [6.45, 7) is 7.96. The summed E-state index contributed by atoms with van der Waals surface area (Å²) >= 11 is 1.45. The van der Waals surface area contributed by atoms with E-state index in [-0.39, 0.29) is 18.1 Å². The highest BCUT2D eigenvalue weighted by atomic mass is 32.2. The second-order valence-electron chi connectivity index (χ2n) is 6.45. The van der Waals surface area contributed by atoms with E-state index < -0.39 is 0 Å². The van der Waals surface area contributed by atoms with Gasteiger partial charge in [-0.25, -0.2) is 0 Å². The van der Waals surface area contributed by atoms with Crippen molar-refractivity contribution >= 4 is 17.7 Å². The fourth-order valence-electron chi connectivity index (χ4n) is 3.02. The van der Waals surface area contributed by atoms with E-state index in [9.17, 15) is 4.79 Å². The van der Waals surface area contributed by atoms with Crippen molar-refractivity contribution in [1.29, 1.82) is 0 Å². The van der Waals surface area contributed by atoms with E-state index in [1.165, 1.54) is 17.3 Å². The van der Waals surface area contributed by atoms with Gasteiger partial charge in [0.2, 0.25) is 5.91 Å². The highest BCUT2D eigenvalue weighted by Crippen LogP contribution is 2.20. The van der Waals surface area contributed by atoms with Gasteiger partial charge in [0.1, 0.15) is 5.82 Å². The maximum absolute atomic E-state index is 12.5. The zero-order chi connectivity index (χ0) is 17.8. The van der Waals surface area contributed by atoms with Crippen LogP contribution in [0.5, 0.6) is 0 Å². The highest BCUT2D eigenvalue weighted by Gasteiger charge is 2.26. The predicted octanol–water partition coefficient (Wildman–Crippen LogP) is 2.36. The Balaban J connectivity index is 1.63. The minimum atomic E-state index is 0.0849. The van der Waals surface area contributed by atoms with Crippen LogP contribution < -0.4 is 0 Å². The lowest BCUT2D eigenvalue weighted by molar-refractivity contribution is -0.140. The lowest BCUT2D eigenvalue weighted by Crippen LogP contribution is -2.48. The SMILES string of the molecule is Cc1nnc(SCC(=O)N2C[C@@H](C)O[C@H](C)C2)n1Cc1ccccc1. The minimum Gasteiger partial charge on any atom is -0.372 e. The molecule has 1 aromatic heterocycles. The Kier molecular flexibility index (Phi) is 5.75. The van der Waals surface area contributed by atoms with Gasteiger partial charge in [0, 0.05) is 13.1 Å². The highest BCUT2D eigenvalue weighted by molar-refractivity contribution is 7.99. The molecule has 1 aliphatic heterocycles. The molecule has 0 radical (unpaired) electrons. The molecule has 0 bridgehead atoms. The number of rotatable bonds is 5. The summed E-state index contributed by atoms with van der Waals surface area (Å²) in [5.74, 6) is 1.35. The number of aryl methyl sites for hydroxylation is 1. The molecular formula is C18H24N4O2S. The van der Waals surface area contributed by atoms with Crippen molar-refractivity contribution < 1.29 is 9.53 Å². The van der Waals surface area contributed by atoms with Crippen molar-refractivity contribution in [3.05, 3.63) is 41.7 Å². The molecule has 2 heterocycles. The molecule has 1 saturated heterocycles. The molecule has 0 aliphatic carbocycles. The number of benzene rings is 1. The van der Waals surface area contributed by atoms with Gasteiger partial charge in [-0.3, -0.25) is 4.79 Å². The van der Waals surface area contributed by atoms with Crippen LogP contribution in [-0.2, 0) is 16.1 Å². The number of hydrogen-bond donors (Lipinski definition) is 0. The van der Waals surface area contributed by atoms with E-state index in [0.717, 1.165) is 11.0 Å². The molecule has 2 aromatic rings. The van der Waals surface area contributed by atoms with Crippen LogP contribution in [0.2, 0.25) is 0 Å². The smallest absolute Gasteiger partial charge is 0.233 e. The van der Waals surface area contributed by atoms with E-state index in [4.69, 9.17) is 4.74 Å². The molecule has 2 atom stereocenters. The minimum absolute atomic E-state index is 0.0849. The summed E-state index contributed by atoms with van der Waals surface area (Å²) < 4.78 is 7.74. The number of ether oxygens (including phenoxy) is 1. The summed E-state index contributed by atoms with van der Waals surface area (Å²) in [6.07, 6.45) is 0.170. The second kappa shape index (κ2) is 8.01. The average Bonchev–Trinajstić information content (AvgIpc) is 2.93. The maximum atomic E-state index is 12.5. The Morgan fingerprint density at radius 3 is 2.56 bits per heavy atom. The molecule has 25 heavy (non-hydrogen) atoms. The molecule has 0 unspecified atom stereocenters. The third kappa shape index (κ3) is 4.61. The second-order valence-corrected chi connectivity index (χ2v) is 7.39. The van der Waals surface area contributed by atoms with E-state index in [1.54, 1.807) is 0 Å². The van der Waals surface area contributed by atoms with Gasteiger partial charge in [0.05, 0.1) is 24.5 Å². The van der Waals surface area contributed by atoms with Crippen LogP contribution in [0.25, 0.3) is 0 Å². The van der Waals surface area contributed by atoms with Crippen LogP contribution in [-0.4, -0.2) is 56.6 Å². The van der Waals surface area contributed by atoms with Crippen molar-refractivity contribution in [3.8, 4) is 0 Å².